The van der Waals surface area contributed by atoms with Crippen LogP contribution < -0.4 is 16.2 Å². The second-order valence-corrected chi connectivity index (χ2v) is 8.80. The van der Waals surface area contributed by atoms with Gasteiger partial charge in [-0.15, -0.1) is 0 Å². The van der Waals surface area contributed by atoms with Crippen molar-refractivity contribution in [2.45, 2.75) is 32.9 Å². The van der Waals surface area contributed by atoms with Gasteiger partial charge in [0.2, 0.25) is 0 Å². The highest BCUT2D eigenvalue weighted by Crippen LogP contribution is 2.36. The Kier molecular flexibility index (Phi) is 7.78. The third-order valence-electron chi connectivity index (χ3n) is 6.28. The van der Waals surface area contributed by atoms with Gasteiger partial charge in [-0.1, -0.05) is 42.5 Å². The molecular weight excluding hydrogens is 498 g/mol. The summed E-state index contributed by atoms with van der Waals surface area (Å²) in [6.45, 7) is 3.70. The van der Waals surface area contributed by atoms with Crippen LogP contribution in [0.2, 0.25) is 0 Å². The molecule has 2 aromatic carbocycles. The van der Waals surface area contributed by atoms with Crippen molar-refractivity contribution in [2.75, 3.05) is 18.9 Å². The lowest BCUT2D eigenvalue weighted by Crippen LogP contribution is -2.08. The maximum atomic E-state index is 12.3. The topological polar surface area (TPSA) is 157 Å². The van der Waals surface area contributed by atoms with Crippen molar-refractivity contribution in [1.82, 2.24) is 24.8 Å². The number of carbonyl (C=O) groups excluding carboxylic acids is 1. The summed E-state index contributed by atoms with van der Waals surface area (Å²) >= 11 is 0. The van der Waals surface area contributed by atoms with E-state index in [0.29, 0.717) is 66.6 Å². The number of aromatic nitrogens is 5. The first-order chi connectivity index (χ1) is 19.1. The van der Waals surface area contributed by atoms with Gasteiger partial charge in [-0.2, -0.15) is 0 Å². The molecule has 0 spiro atoms. The number of nitrogens with zero attached hydrogens (tertiary/aromatic N) is 5. The van der Waals surface area contributed by atoms with Crippen molar-refractivity contribution < 1.29 is 18.9 Å². The summed E-state index contributed by atoms with van der Waals surface area (Å²) in [5, 5.41) is 7.67. The summed E-state index contributed by atoms with van der Waals surface area (Å²) in [6.07, 6.45) is 3.02. The Morgan fingerprint density at radius 3 is 2.46 bits per heavy atom. The van der Waals surface area contributed by atoms with E-state index in [4.69, 9.17) is 30.6 Å². The highest BCUT2D eigenvalue weighted by Gasteiger charge is 2.24. The van der Waals surface area contributed by atoms with E-state index in [0.717, 1.165) is 16.6 Å². The van der Waals surface area contributed by atoms with Gasteiger partial charge in [0.25, 0.3) is 0 Å². The molecule has 0 aliphatic carbocycles. The number of rotatable bonds is 11. The minimum absolute atomic E-state index is 0.154. The first kappa shape index (κ1) is 25.9. The lowest BCUT2D eigenvalue weighted by Gasteiger charge is -2.12. The average Bonchev–Trinajstić information content (AvgIpc) is 3.58. The first-order valence-corrected chi connectivity index (χ1v) is 12.7. The van der Waals surface area contributed by atoms with Crippen molar-refractivity contribution in [2.24, 2.45) is 5.73 Å². The number of aryl methyl sites for hydroxylation is 1. The zero-order chi connectivity index (χ0) is 27.2. The van der Waals surface area contributed by atoms with E-state index in [9.17, 15) is 4.79 Å². The summed E-state index contributed by atoms with van der Waals surface area (Å²) in [6, 6.07) is 16.9. The van der Waals surface area contributed by atoms with Crippen LogP contribution in [0.3, 0.4) is 0 Å². The minimum Gasteiger partial charge on any atom is -0.490 e. The molecule has 0 amide bonds. The Hall–Kier alpha value is -4.77. The monoisotopic (exact) mass is 527 g/mol. The molecule has 200 valence electrons. The third-order valence-corrected chi connectivity index (χ3v) is 6.28. The van der Waals surface area contributed by atoms with Crippen LogP contribution >= 0.6 is 0 Å². The number of anilines is 1. The second kappa shape index (κ2) is 11.7. The number of hydrogen-bond donors (Lipinski definition) is 2. The van der Waals surface area contributed by atoms with E-state index in [-0.39, 0.29) is 18.4 Å². The molecule has 5 aromatic rings. The highest BCUT2D eigenvalue weighted by molar-refractivity contribution is 5.95. The van der Waals surface area contributed by atoms with Gasteiger partial charge in [0.15, 0.2) is 23.1 Å². The van der Waals surface area contributed by atoms with E-state index in [1.54, 1.807) is 18.3 Å². The summed E-state index contributed by atoms with van der Waals surface area (Å²) in [5.74, 6) is 0.898. The van der Waals surface area contributed by atoms with E-state index < -0.39 is 0 Å². The largest absolute Gasteiger partial charge is 0.490 e. The van der Waals surface area contributed by atoms with Crippen molar-refractivity contribution in [3.8, 4) is 28.5 Å². The van der Waals surface area contributed by atoms with E-state index in [2.05, 4.69) is 15.3 Å². The van der Waals surface area contributed by atoms with Gasteiger partial charge in [-0.25, -0.2) is 19.4 Å². The van der Waals surface area contributed by atoms with E-state index >= 15 is 0 Å². The van der Waals surface area contributed by atoms with Crippen molar-refractivity contribution in [3.05, 3.63) is 71.9 Å². The Morgan fingerprint density at radius 1 is 1.00 bits per heavy atom. The number of nitrogen functional groups attached to an aromatic ring is 1. The molecule has 0 aliphatic heterocycles. The van der Waals surface area contributed by atoms with Crippen LogP contribution in [0, 0.1) is 0 Å². The first-order valence-electron chi connectivity index (χ1n) is 12.7. The van der Waals surface area contributed by atoms with Gasteiger partial charge < -0.3 is 25.5 Å². The number of fused-ring (bicyclic) bond motifs is 1. The van der Waals surface area contributed by atoms with Crippen LogP contribution in [-0.2, 0) is 17.8 Å². The molecule has 0 atom stereocenters. The number of imidazole rings is 1. The fraction of sp³-hybridized carbons (Fsp3) is 0.250. The van der Waals surface area contributed by atoms with Gasteiger partial charge >= 0.3 is 5.97 Å². The number of esters is 1. The molecule has 11 heteroatoms. The normalized spacial score (nSPS) is 11.1. The molecule has 3 heterocycles. The van der Waals surface area contributed by atoms with Crippen LogP contribution in [-0.4, -0.2) is 44.0 Å². The Balaban J connectivity index is 1.31. The van der Waals surface area contributed by atoms with Crippen LogP contribution in [0.25, 0.3) is 33.8 Å². The molecule has 0 bridgehead atoms. The molecule has 5 rings (SSSR count). The SMILES string of the molecule is CCn1c(-c2nonc2N)nc2c(-c3ccccc3)ncc(OCCCCOC(=O)c3ccc(CN)cc3)c21. The molecule has 0 saturated carbocycles. The van der Waals surface area contributed by atoms with Crippen molar-refractivity contribution >= 4 is 22.8 Å². The van der Waals surface area contributed by atoms with Crippen LogP contribution in [0.5, 0.6) is 5.75 Å². The second-order valence-electron chi connectivity index (χ2n) is 8.80. The maximum absolute atomic E-state index is 12.3. The molecule has 0 saturated heterocycles. The quantitative estimate of drug-likeness (QED) is 0.188. The molecule has 0 aliphatic rings. The molecule has 0 radical (unpaired) electrons. The molecule has 11 nitrogen and oxygen atoms in total. The van der Waals surface area contributed by atoms with Gasteiger partial charge in [-0.3, -0.25) is 0 Å². The smallest absolute Gasteiger partial charge is 0.338 e. The van der Waals surface area contributed by atoms with E-state index in [1.165, 1.54) is 0 Å². The van der Waals surface area contributed by atoms with Gasteiger partial charge in [0.1, 0.15) is 11.0 Å². The molecule has 0 fully saturated rings. The average molecular weight is 528 g/mol. The van der Waals surface area contributed by atoms with Gasteiger partial charge in [0.05, 0.1) is 30.7 Å². The minimum atomic E-state index is -0.358. The highest BCUT2D eigenvalue weighted by atomic mass is 16.6. The number of hydrogen-bond acceptors (Lipinski definition) is 10. The predicted octanol–water partition coefficient (Wildman–Crippen LogP) is 4.23. The molecule has 3 aromatic heterocycles. The molecule has 39 heavy (non-hydrogen) atoms. The number of benzene rings is 2. The van der Waals surface area contributed by atoms with Crippen LogP contribution in [0.15, 0.2) is 65.4 Å². The van der Waals surface area contributed by atoms with Crippen molar-refractivity contribution in [3.63, 3.8) is 0 Å². The predicted molar refractivity (Wildman–Crippen MR) is 146 cm³/mol. The Morgan fingerprint density at radius 2 is 1.77 bits per heavy atom. The fourth-order valence-electron chi connectivity index (χ4n) is 4.28. The Bertz CT molecular complexity index is 1560. The molecule has 0 unspecified atom stereocenters. The molecular formula is C28H29N7O4. The summed E-state index contributed by atoms with van der Waals surface area (Å²) in [4.78, 5) is 21.8. The summed E-state index contributed by atoms with van der Waals surface area (Å²) in [7, 11) is 0. The number of ether oxygens (including phenoxy) is 2. The standard InChI is InChI=1S/C28H29N7O4/c1-2-35-25-21(37-14-6-7-15-38-28(36)20-12-10-18(16-29)11-13-20)17-31-22(19-8-4-3-5-9-19)23(25)32-27(35)24-26(30)34-39-33-24/h3-5,8-13,17H,2,6-7,14-16,29H2,1H3,(H2,30,34). The third kappa shape index (κ3) is 5.43. The zero-order valence-electron chi connectivity index (χ0n) is 21.5. The molecule has 4 N–H and O–H groups in total. The number of carbonyl (C=O) groups is 1. The van der Waals surface area contributed by atoms with Crippen LogP contribution in [0.4, 0.5) is 5.82 Å². The van der Waals surface area contributed by atoms with Gasteiger partial charge in [0, 0.05) is 18.7 Å². The van der Waals surface area contributed by atoms with Crippen LogP contribution in [0.1, 0.15) is 35.7 Å². The lowest BCUT2D eigenvalue weighted by molar-refractivity contribution is 0.0494. The van der Waals surface area contributed by atoms with Gasteiger partial charge in [-0.05, 0) is 47.8 Å². The fourth-order valence-corrected chi connectivity index (χ4v) is 4.28. The Labute approximate surface area is 224 Å². The van der Waals surface area contributed by atoms with Crippen molar-refractivity contribution in [1.29, 1.82) is 0 Å². The summed E-state index contributed by atoms with van der Waals surface area (Å²) < 4.78 is 18.4. The lowest BCUT2D eigenvalue weighted by atomic mass is 10.1. The number of pyridine rings is 1. The number of nitrogens with two attached hydrogens (primary N) is 2. The maximum Gasteiger partial charge on any atom is 0.338 e. The number of unbranched alkanes of at least 4 members (excludes halogenated alkanes) is 1. The summed E-state index contributed by atoms with van der Waals surface area (Å²) in [5.41, 5.74) is 16.5. The van der Waals surface area contributed by atoms with E-state index in [1.807, 2.05) is 54.0 Å². The zero-order valence-corrected chi connectivity index (χ0v) is 21.5.